The van der Waals surface area contributed by atoms with Crippen LogP contribution >= 0.6 is 0 Å². The van der Waals surface area contributed by atoms with Crippen LogP contribution in [0.5, 0.6) is 0 Å². The van der Waals surface area contributed by atoms with Crippen molar-refractivity contribution < 1.29 is 22.8 Å². The highest BCUT2D eigenvalue weighted by Crippen LogP contribution is 2.39. The van der Waals surface area contributed by atoms with E-state index in [0.717, 1.165) is 6.42 Å². The van der Waals surface area contributed by atoms with E-state index >= 15 is 0 Å². The highest BCUT2D eigenvalue weighted by Gasteiger charge is 2.40. The molecule has 0 aliphatic carbocycles. The number of esters is 1. The van der Waals surface area contributed by atoms with Gasteiger partial charge in [0, 0.05) is 12.8 Å². The van der Waals surface area contributed by atoms with Gasteiger partial charge in [0.2, 0.25) is 0 Å². The molecule has 0 aromatic rings. The van der Waals surface area contributed by atoms with Gasteiger partial charge in [-0.2, -0.15) is 0 Å². The Balaban J connectivity index is 5.81. The van der Waals surface area contributed by atoms with Crippen molar-refractivity contribution in [2.75, 3.05) is 7.11 Å². The quantitative estimate of drug-likeness (QED) is 0.0736. The first kappa shape index (κ1) is 45.3. The number of hydrogen-bond acceptors (Lipinski definition) is 5. The lowest BCUT2D eigenvalue weighted by molar-refractivity contribution is -0.140. The van der Waals surface area contributed by atoms with Crippen molar-refractivity contribution in [2.24, 2.45) is 0 Å². The molecular formula is C39H70O5Si3. The molecule has 0 saturated carbocycles. The van der Waals surface area contributed by atoms with Gasteiger partial charge < -0.3 is 18.0 Å². The molecule has 47 heavy (non-hydrogen) atoms. The Kier molecular flexibility index (Phi) is 18.8. The van der Waals surface area contributed by atoms with Gasteiger partial charge in [0.15, 0.2) is 25.0 Å². The van der Waals surface area contributed by atoms with Crippen LogP contribution in [0.25, 0.3) is 0 Å². The molecule has 3 atom stereocenters. The summed E-state index contributed by atoms with van der Waals surface area (Å²) in [4.78, 5) is 11.6. The highest BCUT2D eigenvalue weighted by molar-refractivity contribution is 6.75. The number of hydrogen-bond donors (Lipinski definition) is 0. The molecule has 0 aliphatic heterocycles. The van der Waals surface area contributed by atoms with Crippen LogP contribution in [0, 0.1) is 23.7 Å². The van der Waals surface area contributed by atoms with Gasteiger partial charge in [0.25, 0.3) is 0 Å². The van der Waals surface area contributed by atoms with E-state index in [-0.39, 0.29) is 39.4 Å². The lowest BCUT2D eigenvalue weighted by atomic mass is 10.1. The Bertz CT molecular complexity index is 1170. The maximum atomic E-state index is 11.6. The predicted octanol–water partition coefficient (Wildman–Crippen LogP) is 11.0. The smallest absolute Gasteiger partial charge is 0.305 e. The van der Waals surface area contributed by atoms with Crippen LogP contribution in [0.3, 0.4) is 0 Å². The van der Waals surface area contributed by atoms with Gasteiger partial charge >= 0.3 is 5.97 Å². The van der Waals surface area contributed by atoms with E-state index in [9.17, 15) is 4.79 Å². The van der Waals surface area contributed by atoms with Gasteiger partial charge in [-0.25, -0.2) is 0 Å². The molecular weight excluding hydrogens is 633 g/mol. The second-order valence-electron chi connectivity index (χ2n) is 17.0. The van der Waals surface area contributed by atoms with Crippen molar-refractivity contribution in [3.8, 4) is 23.7 Å². The lowest BCUT2D eigenvalue weighted by Crippen LogP contribution is -2.43. The zero-order chi connectivity index (χ0) is 36.7. The standard InChI is InChI=1S/C39H70O5Si3/c1-18-33(42-45(12,13)37(2,3)4)27-24-21-25-30-34(43-46(14,15)38(5,6)7)28-22-19-20-23-29-35(31-26-32-36(40)41-11)44-47(16,17)39(8,9)10/h19-20,22,24,27-28,33-35H,18,26,30-32H2,1-17H3/t33-,34?,35-/m1/s1. The summed E-state index contributed by atoms with van der Waals surface area (Å²) >= 11 is 0. The van der Waals surface area contributed by atoms with Crippen LogP contribution in [-0.4, -0.2) is 56.3 Å². The third-order valence-corrected chi connectivity index (χ3v) is 23.4. The molecule has 0 bridgehead atoms. The van der Waals surface area contributed by atoms with Crippen LogP contribution in [0.4, 0.5) is 0 Å². The first-order valence-electron chi connectivity index (χ1n) is 17.4. The van der Waals surface area contributed by atoms with E-state index in [1.165, 1.54) is 7.11 Å². The summed E-state index contributed by atoms with van der Waals surface area (Å²) in [7, 11) is -4.45. The van der Waals surface area contributed by atoms with Gasteiger partial charge in [-0.3, -0.25) is 4.79 Å². The molecule has 0 saturated heterocycles. The van der Waals surface area contributed by atoms with Crippen LogP contribution in [0.15, 0.2) is 36.5 Å². The second kappa shape index (κ2) is 19.5. The minimum Gasteiger partial charge on any atom is -0.469 e. The first-order valence-corrected chi connectivity index (χ1v) is 26.1. The van der Waals surface area contributed by atoms with E-state index in [2.05, 4.69) is 144 Å². The van der Waals surface area contributed by atoms with E-state index in [0.29, 0.717) is 25.7 Å². The normalized spacial score (nSPS) is 15.7. The Hall–Kier alpha value is -1.66. The summed E-state index contributed by atoms with van der Waals surface area (Å²) < 4.78 is 24.7. The monoisotopic (exact) mass is 702 g/mol. The Labute approximate surface area is 294 Å². The molecule has 8 heteroatoms. The van der Waals surface area contributed by atoms with E-state index in [4.69, 9.17) is 18.0 Å². The van der Waals surface area contributed by atoms with Crippen molar-refractivity contribution in [2.45, 2.75) is 174 Å². The first-order chi connectivity index (χ1) is 21.3. The zero-order valence-corrected chi connectivity index (χ0v) is 36.3. The molecule has 0 aromatic carbocycles. The number of carbonyl (C=O) groups excluding carboxylic acids is 1. The molecule has 0 amide bonds. The van der Waals surface area contributed by atoms with Crippen molar-refractivity contribution in [1.29, 1.82) is 0 Å². The summed E-state index contributed by atoms with van der Waals surface area (Å²) in [6.07, 6.45) is 14.9. The fraction of sp³-hybridized carbons (Fsp3) is 0.718. The van der Waals surface area contributed by atoms with Crippen LogP contribution < -0.4 is 0 Å². The summed E-state index contributed by atoms with van der Waals surface area (Å²) in [5.74, 6) is 12.8. The summed E-state index contributed by atoms with van der Waals surface area (Å²) in [6.45, 7) is 36.0. The molecule has 0 radical (unpaired) electrons. The fourth-order valence-corrected chi connectivity index (χ4v) is 7.42. The number of rotatable bonds is 15. The molecule has 0 aliphatic rings. The minimum absolute atomic E-state index is 0.0713. The second-order valence-corrected chi connectivity index (χ2v) is 31.3. The number of methoxy groups -OCH3 is 1. The molecule has 0 fully saturated rings. The Morgan fingerprint density at radius 1 is 0.702 bits per heavy atom. The molecule has 0 aromatic heterocycles. The van der Waals surface area contributed by atoms with Gasteiger partial charge in [0.1, 0.15) is 6.10 Å². The van der Waals surface area contributed by atoms with Gasteiger partial charge in [0.05, 0.1) is 19.3 Å². The topological polar surface area (TPSA) is 54.0 Å². The zero-order valence-electron chi connectivity index (χ0n) is 33.3. The highest BCUT2D eigenvalue weighted by atomic mass is 28.4. The maximum Gasteiger partial charge on any atom is 0.305 e. The molecule has 0 heterocycles. The average Bonchev–Trinajstić information content (AvgIpc) is 2.91. The van der Waals surface area contributed by atoms with Crippen molar-refractivity contribution >= 4 is 30.9 Å². The molecule has 0 rings (SSSR count). The van der Waals surface area contributed by atoms with Crippen molar-refractivity contribution in [3.63, 3.8) is 0 Å². The SMILES string of the molecule is CC[C@H](C=CC#CCC(C=CC=CC#C[C@H](CCCC(=O)OC)O[Si](C)(C)C(C)(C)C)O[Si](C)(C)C(C)(C)C)O[Si](C)(C)C(C)(C)C. The molecule has 0 N–H and O–H groups in total. The molecule has 0 spiro atoms. The molecule has 268 valence electrons. The number of ether oxygens (including phenoxy) is 1. The Morgan fingerprint density at radius 2 is 1.21 bits per heavy atom. The fourth-order valence-electron chi connectivity index (χ4n) is 3.55. The van der Waals surface area contributed by atoms with Gasteiger partial charge in [-0.05, 0) is 91.9 Å². The summed E-state index contributed by atoms with van der Waals surface area (Å²) in [5, 5.41) is 0.338. The van der Waals surface area contributed by atoms with Gasteiger partial charge in [-0.15, -0.1) is 0 Å². The third kappa shape index (κ3) is 17.5. The minimum atomic E-state index is -2.02. The summed E-state index contributed by atoms with van der Waals surface area (Å²) in [5.41, 5.74) is 0. The van der Waals surface area contributed by atoms with E-state index in [1.54, 1.807) is 0 Å². The van der Waals surface area contributed by atoms with E-state index in [1.807, 2.05) is 24.3 Å². The van der Waals surface area contributed by atoms with Crippen LogP contribution in [-0.2, 0) is 22.8 Å². The van der Waals surface area contributed by atoms with Crippen LogP contribution in [0.2, 0.25) is 54.4 Å². The average molecular weight is 703 g/mol. The maximum absolute atomic E-state index is 11.6. The summed E-state index contributed by atoms with van der Waals surface area (Å²) in [6, 6.07) is 0. The van der Waals surface area contributed by atoms with Gasteiger partial charge in [-0.1, -0.05) is 111 Å². The molecule has 1 unspecified atom stereocenters. The van der Waals surface area contributed by atoms with Crippen molar-refractivity contribution in [1.82, 2.24) is 0 Å². The van der Waals surface area contributed by atoms with E-state index < -0.39 is 25.0 Å². The third-order valence-electron chi connectivity index (χ3n) is 9.88. The number of allylic oxidation sites excluding steroid dienone is 4. The number of carbonyl (C=O) groups is 1. The van der Waals surface area contributed by atoms with Crippen molar-refractivity contribution in [3.05, 3.63) is 36.5 Å². The van der Waals surface area contributed by atoms with Crippen LogP contribution in [0.1, 0.15) is 101 Å². The Morgan fingerprint density at radius 3 is 1.70 bits per heavy atom. The predicted molar refractivity (Wildman–Crippen MR) is 210 cm³/mol. The lowest BCUT2D eigenvalue weighted by Gasteiger charge is -2.38. The largest absolute Gasteiger partial charge is 0.469 e. The molecule has 5 nitrogen and oxygen atoms in total.